The summed E-state index contributed by atoms with van der Waals surface area (Å²) >= 11 is 0. The van der Waals surface area contributed by atoms with Crippen LogP contribution < -0.4 is 10.1 Å². The van der Waals surface area contributed by atoms with E-state index in [2.05, 4.69) is 29.6 Å². The van der Waals surface area contributed by atoms with E-state index in [9.17, 15) is 9.59 Å². The van der Waals surface area contributed by atoms with Crippen molar-refractivity contribution in [2.45, 2.75) is 12.0 Å². The molecule has 0 saturated carbocycles. The van der Waals surface area contributed by atoms with Crippen LogP contribution in [0.4, 0.5) is 4.79 Å². The van der Waals surface area contributed by atoms with E-state index in [0.29, 0.717) is 5.75 Å². The van der Waals surface area contributed by atoms with Crippen molar-refractivity contribution in [2.75, 3.05) is 13.2 Å². The van der Waals surface area contributed by atoms with Crippen molar-refractivity contribution in [3.8, 4) is 16.9 Å². The molecule has 3 aromatic rings. The van der Waals surface area contributed by atoms with Crippen molar-refractivity contribution < 1.29 is 24.2 Å². The van der Waals surface area contributed by atoms with Crippen LogP contribution in [0.1, 0.15) is 39.0 Å². The predicted molar refractivity (Wildman–Crippen MR) is 110 cm³/mol. The van der Waals surface area contributed by atoms with Gasteiger partial charge in [0.15, 0.2) is 0 Å². The van der Waals surface area contributed by atoms with Crippen LogP contribution >= 0.6 is 0 Å². The molecule has 3 aromatic carbocycles. The van der Waals surface area contributed by atoms with Gasteiger partial charge in [-0.25, -0.2) is 9.59 Å². The molecule has 0 unspecified atom stereocenters. The smallest absolute Gasteiger partial charge is 0.407 e. The molecule has 1 heterocycles. The molecule has 1 aliphatic carbocycles. The Hall–Kier alpha value is -3.80. The monoisotopic (exact) mass is 401 g/mol. The van der Waals surface area contributed by atoms with Crippen LogP contribution in [0.15, 0.2) is 66.7 Å². The zero-order chi connectivity index (χ0) is 20.7. The van der Waals surface area contributed by atoms with E-state index in [4.69, 9.17) is 14.6 Å². The molecule has 0 fully saturated rings. The van der Waals surface area contributed by atoms with Gasteiger partial charge in [0, 0.05) is 11.5 Å². The van der Waals surface area contributed by atoms with Crippen molar-refractivity contribution in [1.82, 2.24) is 5.32 Å². The lowest BCUT2D eigenvalue weighted by molar-refractivity contribution is 0.0696. The molecule has 6 nitrogen and oxygen atoms in total. The number of carbonyl (C=O) groups is 2. The maximum Gasteiger partial charge on any atom is 0.407 e. The Morgan fingerprint density at radius 3 is 2.30 bits per heavy atom. The van der Waals surface area contributed by atoms with Crippen LogP contribution in [-0.2, 0) is 4.74 Å². The first-order valence-electron chi connectivity index (χ1n) is 9.73. The number of nitrogens with one attached hydrogen (secondary N) is 1. The lowest BCUT2D eigenvalue weighted by Gasteiger charge is -2.16. The second-order valence-corrected chi connectivity index (χ2v) is 7.39. The molecular weight excluding hydrogens is 382 g/mol. The number of hydrogen-bond acceptors (Lipinski definition) is 4. The Balaban J connectivity index is 1.28. The number of fused-ring (bicyclic) bond motifs is 4. The number of ether oxygens (including phenoxy) is 2. The molecule has 2 aliphatic rings. The third kappa shape index (κ3) is 3.06. The highest BCUT2D eigenvalue weighted by Crippen LogP contribution is 2.44. The highest BCUT2D eigenvalue weighted by molar-refractivity contribution is 5.88. The zero-order valence-electron chi connectivity index (χ0n) is 16.0. The number of alkyl carbamates (subject to hydrolysis) is 1. The highest BCUT2D eigenvalue weighted by Gasteiger charge is 2.30. The van der Waals surface area contributed by atoms with Crippen molar-refractivity contribution >= 4 is 12.1 Å². The molecule has 1 aliphatic heterocycles. The lowest BCUT2D eigenvalue weighted by atomic mass is 9.98. The Kier molecular flexibility index (Phi) is 4.39. The Labute approximate surface area is 173 Å². The molecule has 6 heteroatoms. The molecule has 0 radical (unpaired) electrons. The summed E-state index contributed by atoms with van der Waals surface area (Å²) in [7, 11) is 0. The fourth-order valence-electron chi connectivity index (χ4n) is 4.24. The van der Waals surface area contributed by atoms with Crippen molar-refractivity contribution in [3.05, 3.63) is 89.0 Å². The summed E-state index contributed by atoms with van der Waals surface area (Å²) in [5, 5.41) is 11.9. The number of benzene rings is 3. The highest BCUT2D eigenvalue weighted by atomic mass is 16.5. The molecule has 150 valence electrons. The minimum Gasteiger partial charge on any atom is -0.491 e. The van der Waals surface area contributed by atoms with E-state index in [1.54, 1.807) is 6.07 Å². The maximum atomic E-state index is 12.5. The van der Waals surface area contributed by atoms with Crippen LogP contribution in [0.3, 0.4) is 0 Å². The lowest BCUT2D eigenvalue weighted by Crippen LogP contribution is -2.31. The molecule has 0 bridgehead atoms. The molecular formula is C24H19NO5. The molecule has 30 heavy (non-hydrogen) atoms. The normalized spacial score (nSPS) is 16.2. The summed E-state index contributed by atoms with van der Waals surface area (Å²) in [6.45, 7) is 0.473. The van der Waals surface area contributed by atoms with Gasteiger partial charge in [0.25, 0.3) is 0 Å². The average Bonchev–Trinajstić information content (AvgIpc) is 3.31. The Morgan fingerprint density at radius 2 is 1.63 bits per heavy atom. The van der Waals surface area contributed by atoms with Gasteiger partial charge in [-0.3, -0.25) is 0 Å². The fourth-order valence-corrected chi connectivity index (χ4v) is 4.24. The van der Waals surface area contributed by atoms with Gasteiger partial charge in [-0.05, 0) is 34.4 Å². The Morgan fingerprint density at radius 1 is 0.967 bits per heavy atom. The van der Waals surface area contributed by atoms with Gasteiger partial charge in [0.05, 0.1) is 11.6 Å². The first kappa shape index (κ1) is 18.2. The molecule has 1 atom stereocenters. The maximum absolute atomic E-state index is 12.5. The van der Waals surface area contributed by atoms with Crippen LogP contribution in [-0.4, -0.2) is 30.4 Å². The van der Waals surface area contributed by atoms with Gasteiger partial charge >= 0.3 is 12.1 Å². The topological polar surface area (TPSA) is 84.9 Å². The molecule has 0 aromatic heterocycles. The summed E-state index contributed by atoms with van der Waals surface area (Å²) in [6.07, 6.45) is -0.527. The number of amides is 1. The summed E-state index contributed by atoms with van der Waals surface area (Å²) in [5.41, 5.74) is 5.55. The quantitative estimate of drug-likeness (QED) is 0.679. The summed E-state index contributed by atoms with van der Waals surface area (Å²) < 4.78 is 11.1. The summed E-state index contributed by atoms with van der Waals surface area (Å²) in [4.78, 5) is 23.6. The predicted octanol–water partition coefficient (Wildman–Crippen LogP) is 4.36. The van der Waals surface area contributed by atoms with Crippen LogP contribution in [0.2, 0.25) is 0 Å². The van der Waals surface area contributed by atoms with E-state index in [1.165, 1.54) is 23.3 Å². The van der Waals surface area contributed by atoms with E-state index in [1.807, 2.05) is 24.3 Å². The number of hydrogen-bond donors (Lipinski definition) is 2. The van der Waals surface area contributed by atoms with Gasteiger partial charge in [-0.15, -0.1) is 0 Å². The SMILES string of the molecule is O=C(N[C@H]1COc2cc(C(=O)O)ccc21)OCC1c2ccccc2-c2ccccc21. The number of carboxylic acid groups (broad SMARTS) is 1. The van der Waals surface area contributed by atoms with Gasteiger partial charge < -0.3 is 19.9 Å². The van der Waals surface area contributed by atoms with Crippen molar-refractivity contribution in [3.63, 3.8) is 0 Å². The Bertz CT molecular complexity index is 1110. The number of rotatable bonds is 4. The van der Waals surface area contributed by atoms with E-state index in [0.717, 1.165) is 16.7 Å². The van der Waals surface area contributed by atoms with E-state index < -0.39 is 12.1 Å². The third-order valence-corrected chi connectivity index (χ3v) is 5.68. The van der Waals surface area contributed by atoms with Gasteiger partial charge in [-0.2, -0.15) is 0 Å². The number of aromatic carboxylic acids is 1. The largest absolute Gasteiger partial charge is 0.491 e. The van der Waals surface area contributed by atoms with Crippen LogP contribution in [0.25, 0.3) is 11.1 Å². The van der Waals surface area contributed by atoms with E-state index in [-0.39, 0.29) is 30.7 Å². The first-order valence-corrected chi connectivity index (χ1v) is 9.73. The zero-order valence-corrected chi connectivity index (χ0v) is 16.0. The van der Waals surface area contributed by atoms with Gasteiger partial charge in [0.1, 0.15) is 19.0 Å². The number of carbonyl (C=O) groups excluding carboxylic acids is 1. The fraction of sp³-hybridized carbons (Fsp3) is 0.167. The van der Waals surface area contributed by atoms with E-state index >= 15 is 0 Å². The number of carboxylic acids is 1. The molecule has 0 saturated heterocycles. The molecule has 2 N–H and O–H groups in total. The second-order valence-electron chi connectivity index (χ2n) is 7.39. The second kappa shape index (κ2) is 7.22. The van der Waals surface area contributed by atoms with Gasteiger partial charge in [-0.1, -0.05) is 54.6 Å². The molecule has 5 rings (SSSR count). The third-order valence-electron chi connectivity index (χ3n) is 5.68. The van der Waals surface area contributed by atoms with Crippen molar-refractivity contribution in [2.24, 2.45) is 0 Å². The summed E-state index contributed by atoms with van der Waals surface area (Å²) in [6, 6.07) is 20.6. The van der Waals surface area contributed by atoms with Gasteiger partial charge in [0.2, 0.25) is 0 Å². The van der Waals surface area contributed by atoms with Crippen LogP contribution in [0.5, 0.6) is 5.75 Å². The standard InChI is InChI=1S/C24H19NO5/c26-23(27)14-9-10-19-21(13-29-22(19)11-14)25-24(28)30-12-20-17-7-3-1-5-15(17)16-6-2-4-8-18(16)20/h1-11,20-21H,12-13H2,(H,25,28)(H,26,27)/t21-/m0/s1. The minimum atomic E-state index is -1.02. The molecule has 0 spiro atoms. The summed E-state index contributed by atoms with van der Waals surface area (Å²) in [5.74, 6) is -0.554. The first-order chi connectivity index (χ1) is 14.6. The minimum absolute atomic E-state index is 0.00612. The average molecular weight is 401 g/mol. The van der Waals surface area contributed by atoms with Crippen LogP contribution in [0, 0.1) is 0 Å². The molecule has 1 amide bonds. The van der Waals surface area contributed by atoms with Crippen molar-refractivity contribution in [1.29, 1.82) is 0 Å².